The summed E-state index contributed by atoms with van der Waals surface area (Å²) in [6.07, 6.45) is 1.99. The molecule has 1 N–H and O–H groups in total. The van der Waals surface area contributed by atoms with Gasteiger partial charge in [0.05, 0.1) is 18.6 Å². The zero-order chi connectivity index (χ0) is 20.7. The van der Waals surface area contributed by atoms with Gasteiger partial charge >= 0.3 is 0 Å². The highest BCUT2D eigenvalue weighted by Crippen LogP contribution is 2.39. The van der Waals surface area contributed by atoms with Crippen LogP contribution in [0, 0.1) is 10.8 Å². The van der Waals surface area contributed by atoms with Gasteiger partial charge in [0.1, 0.15) is 0 Å². The minimum atomic E-state index is -0.455. The van der Waals surface area contributed by atoms with Crippen LogP contribution >= 0.6 is 0 Å². The van der Waals surface area contributed by atoms with Gasteiger partial charge in [0.25, 0.3) is 0 Å². The van der Waals surface area contributed by atoms with Crippen molar-refractivity contribution in [3.05, 3.63) is 0 Å². The van der Waals surface area contributed by atoms with Crippen molar-refractivity contribution in [1.82, 2.24) is 15.1 Å². The Labute approximate surface area is 169 Å². The fourth-order valence-electron chi connectivity index (χ4n) is 4.35. The molecule has 28 heavy (non-hydrogen) atoms. The number of nitrogens with one attached hydrogen (secondary N) is 1. The van der Waals surface area contributed by atoms with Crippen LogP contribution in [0.4, 0.5) is 0 Å². The van der Waals surface area contributed by atoms with E-state index in [2.05, 4.69) is 24.1 Å². The lowest BCUT2D eigenvalue weighted by molar-refractivity contribution is -0.307. The van der Waals surface area contributed by atoms with Crippen LogP contribution in [-0.4, -0.2) is 78.9 Å². The van der Waals surface area contributed by atoms with E-state index < -0.39 is 11.2 Å². The van der Waals surface area contributed by atoms with Gasteiger partial charge < -0.3 is 19.7 Å². The van der Waals surface area contributed by atoms with Crippen LogP contribution in [0.5, 0.6) is 0 Å². The largest absolute Gasteiger partial charge is 0.353 e. The maximum Gasteiger partial charge on any atom is 0.229 e. The molecule has 2 amide bonds. The van der Waals surface area contributed by atoms with Crippen molar-refractivity contribution >= 4 is 11.8 Å². The molecule has 3 rings (SSSR count). The van der Waals surface area contributed by atoms with Crippen LogP contribution in [0.15, 0.2) is 0 Å². The molecule has 7 heteroatoms. The summed E-state index contributed by atoms with van der Waals surface area (Å²) in [5.74, 6) is -0.354. The zero-order valence-corrected chi connectivity index (χ0v) is 18.3. The Hall–Kier alpha value is -1.18. The number of nitrogens with zero attached hydrogens (tertiary/aromatic N) is 2. The summed E-state index contributed by atoms with van der Waals surface area (Å²) < 4.78 is 11.7. The van der Waals surface area contributed by atoms with Crippen molar-refractivity contribution in [2.75, 3.05) is 39.4 Å². The Morgan fingerprint density at radius 1 is 1.00 bits per heavy atom. The Bertz CT molecular complexity index is 597. The zero-order valence-electron chi connectivity index (χ0n) is 18.3. The van der Waals surface area contributed by atoms with E-state index in [0.717, 1.165) is 39.1 Å². The molecule has 0 aliphatic carbocycles. The van der Waals surface area contributed by atoms with Crippen molar-refractivity contribution in [1.29, 1.82) is 0 Å². The maximum atomic E-state index is 12.5. The second kappa shape index (κ2) is 7.58. The van der Waals surface area contributed by atoms with E-state index in [0.29, 0.717) is 19.1 Å². The van der Waals surface area contributed by atoms with Crippen LogP contribution in [0.2, 0.25) is 0 Å². The minimum absolute atomic E-state index is 0.0387. The quantitative estimate of drug-likeness (QED) is 0.740. The molecule has 0 radical (unpaired) electrons. The van der Waals surface area contributed by atoms with E-state index in [-0.39, 0.29) is 23.3 Å². The van der Waals surface area contributed by atoms with Gasteiger partial charge in [0, 0.05) is 50.6 Å². The number of carbonyl (C=O) groups is 2. The number of likely N-dealkylation sites (tertiary alicyclic amines) is 2. The topological polar surface area (TPSA) is 71.1 Å². The lowest BCUT2D eigenvalue weighted by Gasteiger charge is -2.56. The second-order valence-electron chi connectivity index (χ2n) is 10.1. The molecule has 0 aromatic carbocycles. The van der Waals surface area contributed by atoms with Crippen LogP contribution in [0.3, 0.4) is 0 Å². The first kappa shape index (κ1) is 21.5. The number of amides is 2. The number of carbonyl (C=O) groups excluding carboxylic acids is 2. The van der Waals surface area contributed by atoms with Gasteiger partial charge in [-0.2, -0.15) is 0 Å². The Kier molecular flexibility index (Phi) is 5.82. The van der Waals surface area contributed by atoms with Crippen molar-refractivity contribution in [2.24, 2.45) is 10.8 Å². The highest BCUT2D eigenvalue weighted by Gasteiger charge is 2.49. The van der Waals surface area contributed by atoms with Gasteiger partial charge in [-0.15, -0.1) is 0 Å². The van der Waals surface area contributed by atoms with Crippen LogP contribution in [-0.2, 0) is 19.1 Å². The standard InChI is InChI=1S/C21H37N3O4/c1-15(22-18(26)20(6)9-24(10-20)17(3)25)7-8-16(2)23-11-21(12-23)13-27-19(4,5)28-14-21/h15-16H,7-14H2,1-6H3,(H,22,26). The third-order valence-electron chi connectivity index (χ3n) is 6.62. The lowest BCUT2D eigenvalue weighted by Crippen LogP contribution is -2.66. The van der Waals surface area contributed by atoms with Crippen LogP contribution in [0.25, 0.3) is 0 Å². The molecule has 1 spiro atoms. The fourth-order valence-corrected chi connectivity index (χ4v) is 4.35. The Morgan fingerprint density at radius 2 is 1.57 bits per heavy atom. The molecule has 3 saturated heterocycles. The van der Waals surface area contributed by atoms with Gasteiger partial charge in [0.15, 0.2) is 5.79 Å². The predicted molar refractivity (Wildman–Crippen MR) is 107 cm³/mol. The SMILES string of the molecule is CC(=O)N1CC(C)(C(=O)NC(C)CCC(C)N2CC3(COC(C)(C)OC3)C2)C1. The van der Waals surface area contributed by atoms with E-state index in [4.69, 9.17) is 9.47 Å². The molecular formula is C21H37N3O4. The molecule has 0 aromatic rings. The molecule has 3 aliphatic rings. The second-order valence-corrected chi connectivity index (χ2v) is 10.1. The fraction of sp³-hybridized carbons (Fsp3) is 0.905. The molecular weight excluding hydrogens is 358 g/mol. The summed E-state index contributed by atoms with van der Waals surface area (Å²) in [6, 6.07) is 0.614. The Morgan fingerprint density at radius 3 is 2.11 bits per heavy atom. The van der Waals surface area contributed by atoms with E-state index in [1.54, 1.807) is 11.8 Å². The van der Waals surface area contributed by atoms with E-state index in [9.17, 15) is 9.59 Å². The van der Waals surface area contributed by atoms with Crippen LogP contribution in [0.1, 0.15) is 54.4 Å². The van der Waals surface area contributed by atoms with Gasteiger partial charge in [-0.3, -0.25) is 14.5 Å². The number of rotatable bonds is 6. The summed E-state index contributed by atoms with van der Waals surface area (Å²) in [7, 11) is 0. The molecule has 160 valence electrons. The van der Waals surface area contributed by atoms with Gasteiger partial charge in [0.2, 0.25) is 11.8 Å². The number of hydrogen-bond acceptors (Lipinski definition) is 5. The normalized spacial score (nSPS) is 27.4. The van der Waals surface area contributed by atoms with Crippen molar-refractivity contribution in [3.63, 3.8) is 0 Å². The molecule has 7 nitrogen and oxygen atoms in total. The molecule has 2 atom stereocenters. The van der Waals surface area contributed by atoms with Crippen molar-refractivity contribution < 1.29 is 19.1 Å². The van der Waals surface area contributed by atoms with Gasteiger partial charge in [-0.25, -0.2) is 0 Å². The first-order valence-electron chi connectivity index (χ1n) is 10.5. The maximum absolute atomic E-state index is 12.5. The summed E-state index contributed by atoms with van der Waals surface area (Å²) in [4.78, 5) is 28.1. The molecule has 3 fully saturated rings. The number of ether oxygens (including phenoxy) is 2. The molecule has 0 saturated carbocycles. The van der Waals surface area contributed by atoms with Crippen molar-refractivity contribution in [2.45, 2.75) is 72.3 Å². The highest BCUT2D eigenvalue weighted by molar-refractivity contribution is 5.87. The average molecular weight is 396 g/mol. The van der Waals surface area contributed by atoms with E-state index in [1.807, 2.05) is 20.8 Å². The van der Waals surface area contributed by atoms with Crippen molar-refractivity contribution in [3.8, 4) is 0 Å². The summed E-state index contributed by atoms with van der Waals surface area (Å²) >= 11 is 0. The summed E-state index contributed by atoms with van der Waals surface area (Å²) in [5, 5.41) is 3.14. The molecule has 0 aromatic heterocycles. The highest BCUT2D eigenvalue weighted by atomic mass is 16.7. The molecule has 0 bridgehead atoms. The smallest absolute Gasteiger partial charge is 0.229 e. The first-order valence-corrected chi connectivity index (χ1v) is 10.5. The monoisotopic (exact) mass is 395 g/mol. The first-order chi connectivity index (χ1) is 12.9. The Balaban J connectivity index is 1.35. The number of hydrogen-bond donors (Lipinski definition) is 1. The molecule has 3 heterocycles. The van der Waals surface area contributed by atoms with Crippen LogP contribution < -0.4 is 5.32 Å². The third-order valence-corrected chi connectivity index (χ3v) is 6.62. The van der Waals surface area contributed by atoms with Gasteiger partial charge in [-0.1, -0.05) is 0 Å². The lowest BCUT2D eigenvalue weighted by atomic mass is 9.79. The third kappa shape index (κ3) is 4.52. The summed E-state index contributed by atoms with van der Waals surface area (Å²) in [5.41, 5.74) is -0.283. The molecule has 3 aliphatic heterocycles. The van der Waals surface area contributed by atoms with E-state index >= 15 is 0 Å². The summed E-state index contributed by atoms with van der Waals surface area (Å²) in [6.45, 7) is 16.4. The molecule has 2 unspecified atom stereocenters. The van der Waals surface area contributed by atoms with E-state index in [1.165, 1.54) is 0 Å². The predicted octanol–water partition coefficient (Wildman–Crippen LogP) is 1.61. The van der Waals surface area contributed by atoms with Gasteiger partial charge in [-0.05, 0) is 47.5 Å². The minimum Gasteiger partial charge on any atom is -0.353 e. The average Bonchev–Trinajstić information content (AvgIpc) is 2.55.